The Kier molecular flexibility index (Phi) is 4.49. The number of aromatic hydroxyl groups is 1. The molecule has 1 unspecified atom stereocenters. The summed E-state index contributed by atoms with van der Waals surface area (Å²) in [6.07, 6.45) is 0. The second-order valence-corrected chi connectivity index (χ2v) is 12.1. The molecule has 1 atom stereocenters. The molecule has 2 heteroatoms. The van der Waals surface area contributed by atoms with E-state index in [2.05, 4.69) is 133 Å². The molecule has 2 nitrogen and oxygen atoms in total. The molecule has 7 aromatic rings. The first-order valence-corrected chi connectivity index (χ1v) is 15.2. The van der Waals surface area contributed by atoms with E-state index in [1.165, 1.54) is 39.0 Å². The lowest BCUT2D eigenvalue weighted by Gasteiger charge is -2.36. The summed E-state index contributed by atoms with van der Waals surface area (Å²) in [6.45, 7) is 0. The molecule has 44 heavy (non-hydrogen) atoms. The van der Waals surface area contributed by atoms with E-state index in [1.807, 2.05) is 18.2 Å². The number of phenolic OH excluding ortho intramolecular Hbond substituents is 1. The van der Waals surface area contributed by atoms with E-state index in [0.29, 0.717) is 0 Å². The fraction of sp³-hybridized carbons (Fsp3) is 0.0476. The van der Waals surface area contributed by atoms with Gasteiger partial charge in [0, 0.05) is 16.5 Å². The Labute approximate surface area is 255 Å². The van der Waals surface area contributed by atoms with Crippen LogP contribution in [0.4, 0.5) is 0 Å². The second-order valence-electron chi connectivity index (χ2n) is 12.1. The van der Waals surface area contributed by atoms with Crippen molar-refractivity contribution >= 4 is 22.1 Å². The number of fused-ring (bicyclic) bond motifs is 13. The molecule has 10 rings (SSSR count). The van der Waals surface area contributed by atoms with Crippen molar-refractivity contribution in [2.75, 3.05) is 0 Å². The lowest BCUT2D eigenvalue weighted by molar-refractivity contribution is 0.474. The van der Waals surface area contributed by atoms with Crippen LogP contribution >= 0.6 is 0 Å². The van der Waals surface area contributed by atoms with Crippen LogP contribution < -0.4 is 0 Å². The molecular weight excluding hydrogens is 536 g/mol. The molecule has 0 fully saturated rings. The summed E-state index contributed by atoms with van der Waals surface area (Å²) in [5.41, 5.74) is 12.9. The zero-order chi connectivity index (χ0) is 29.0. The van der Waals surface area contributed by atoms with Gasteiger partial charge < -0.3 is 9.52 Å². The number of para-hydroxylation sites is 1. The van der Waals surface area contributed by atoms with Crippen LogP contribution in [0.25, 0.3) is 33.4 Å². The van der Waals surface area contributed by atoms with Gasteiger partial charge in [0.1, 0.15) is 17.1 Å². The van der Waals surface area contributed by atoms with Crippen molar-refractivity contribution in [1.29, 1.82) is 0 Å². The van der Waals surface area contributed by atoms with Crippen molar-refractivity contribution in [1.82, 2.24) is 0 Å². The van der Waals surface area contributed by atoms with Gasteiger partial charge in [-0.05, 0) is 68.3 Å². The highest BCUT2D eigenvalue weighted by molar-refractivity contribution is 6.19. The minimum absolute atomic E-state index is 0.265. The molecule has 6 aromatic carbocycles. The monoisotopic (exact) mass is 562 g/mol. The quantitative estimate of drug-likeness (QED) is 0.228. The first kappa shape index (κ1) is 23.9. The summed E-state index contributed by atoms with van der Waals surface area (Å²) in [6, 6.07) is 53.9. The lowest BCUT2D eigenvalue weighted by atomic mass is 9.65. The fourth-order valence-electron chi connectivity index (χ4n) is 8.84. The summed E-state index contributed by atoms with van der Waals surface area (Å²) in [5, 5.41) is 12.3. The number of benzene rings is 6. The molecule has 0 bridgehead atoms. The molecule has 0 radical (unpaired) electrons. The van der Waals surface area contributed by atoms with E-state index >= 15 is 0 Å². The van der Waals surface area contributed by atoms with Crippen molar-refractivity contribution in [2.45, 2.75) is 10.8 Å². The molecule has 1 aromatic heterocycles. The third kappa shape index (κ3) is 2.60. The van der Waals surface area contributed by atoms with Gasteiger partial charge in [0.05, 0.1) is 10.8 Å². The Balaban J connectivity index is 1.49. The number of phenols is 1. The summed E-state index contributed by atoms with van der Waals surface area (Å²) >= 11 is 0. The van der Waals surface area contributed by atoms with Crippen LogP contribution in [0.3, 0.4) is 0 Å². The second kappa shape index (κ2) is 8.27. The van der Waals surface area contributed by atoms with E-state index in [4.69, 9.17) is 4.42 Å². The van der Waals surface area contributed by atoms with Crippen molar-refractivity contribution < 1.29 is 9.52 Å². The smallest absolute Gasteiger partial charge is 0.140 e. The van der Waals surface area contributed by atoms with Crippen molar-refractivity contribution in [3.8, 4) is 17.1 Å². The largest absolute Gasteiger partial charge is 0.508 e. The molecule has 0 aliphatic heterocycles. The first-order valence-electron chi connectivity index (χ1n) is 15.2. The molecule has 0 amide bonds. The molecule has 1 N–H and O–H groups in total. The standard InChI is InChI=1S/C42H26O2/c43-28-23-24-30-35(25-28)42(34-21-11-8-18-31(34)40-39(42)32-19-9-12-22-36(32)44-40)38-29-17-7-10-20-33(29)41(37(30)38,26-13-3-1-4-14-26)27-15-5-2-6-16-27/h1-25,43H. The molecule has 1 spiro atoms. The van der Waals surface area contributed by atoms with Gasteiger partial charge in [0.15, 0.2) is 0 Å². The zero-order valence-electron chi connectivity index (χ0n) is 23.8. The van der Waals surface area contributed by atoms with Gasteiger partial charge in [0.25, 0.3) is 0 Å². The van der Waals surface area contributed by atoms with Crippen LogP contribution in [-0.2, 0) is 10.8 Å². The van der Waals surface area contributed by atoms with Crippen LogP contribution in [0.1, 0.15) is 44.5 Å². The number of furan rings is 1. The van der Waals surface area contributed by atoms with Crippen LogP contribution in [-0.4, -0.2) is 5.11 Å². The summed E-state index contributed by atoms with van der Waals surface area (Å²) < 4.78 is 6.74. The van der Waals surface area contributed by atoms with Crippen molar-refractivity contribution in [3.63, 3.8) is 0 Å². The molecule has 1 heterocycles. The van der Waals surface area contributed by atoms with E-state index < -0.39 is 10.8 Å². The number of allylic oxidation sites excluding steroid dienone is 2. The van der Waals surface area contributed by atoms with Gasteiger partial charge >= 0.3 is 0 Å². The van der Waals surface area contributed by atoms with Gasteiger partial charge in [-0.3, -0.25) is 0 Å². The maximum atomic E-state index is 11.2. The van der Waals surface area contributed by atoms with Crippen LogP contribution in [0.2, 0.25) is 0 Å². The highest BCUT2D eigenvalue weighted by Crippen LogP contribution is 2.73. The van der Waals surface area contributed by atoms with Crippen molar-refractivity contribution in [3.05, 3.63) is 196 Å². The van der Waals surface area contributed by atoms with Crippen LogP contribution in [0.15, 0.2) is 156 Å². The molecule has 206 valence electrons. The van der Waals surface area contributed by atoms with Gasteiger partial charge in [0.2, 0.25) is 0 Å². The number of hydrogen-bond donors (Lipinski definition) is 1. The summed E-state index contributed by atoms with van der Waals surface area (Å²) in [7, 11) is 0. The Morgan fingerprint density at radius 1 is 0.455 bits per heavy atom. The van der Waals surface area contributed by atoms with Gasteiger partial charge in [-0.15, -0.1) is 0 Å². The molecule has 3 aliphatic rings. The van der Waals surface area contributed by atoms with Crippen LogP contribution in [0.5, 0.6) is 5.75 Å². The molecule has 3 aliphatic carbocycles. The van der Waals surface area contributed by atoms with E-state index in [1.54, 1.807) is 0 Å². The minimum Gasteiger partial charge on any atom is -0.508 e. The third-order valence-electron chi connectivity index (χ3n) is 10.2. The average molecular weight is 563 g/mol. The number of hydrogen-bond acceptors (Lipinski definition) is 2. The Morgan fingerprint density at radius 3 is 1.73 bits per heavy atom. The maximum Gasteiger partial charge on any atom is 0.140 e. The predicted molar refractivity (Wildman–Crippen MR) is 176 cm³/mol. The van der Waals surface area contributed by atoms with E-state index in [0.717, 1.165) is 39.0 Å². The first-order chi connectivity index (χ1) is 21.8. The Hall–Kier alpha value is -5.60. The lowest BCUT2D eigenvalue weighted by Crippen LogP contribution is -2.29. The number of rotatable bonds is 2. The SMILES string of the molecule is Oc1ccc2c(c1)C1(C3=C2C(c2ccccc2)(c2ccccc2)c2ccccc23)c2ccccc2-c2oc3ccccc3c21. The van der Waals surface area contributed by atoms with E-state index in [9.17, 15) is 5.11 Å². The molecule has 0 saturated heterocycles. The maximum absolute atomic E-state index is 11.2. The van der Waals surface area contributed by atoms with Crippen molar-refractivity contribution in [2.24, 2.45) is 0 Å². The summed E-state index contributed by atoms with van der Waals surface area (Å²) in [4.78, 5) is 0. The molecule has 0 saturated carbocycles. The zero-order valence-corrected chi connectivity index (χ0v) is 23.8. The highest BCUT2D eigenvalue weighted by atomic mass is 16.3. The third-order valence-corrected chi connectivity index (χ3v) is 10.2. The van der Waals surface area contributed by atoms with E-state index in [-0.39, 0.29) is 5.75 Å². The predicted octanol–water partition coefficient (Wildman–Crippen LogP) is 9.73. The summed E-state index contributed by atoms with van der Waals surface area (Å²) in [5.74, 6) is 1.18. The van der Waals surface area contributed by atoms with Crippen LogP contribution in [0, 0.1) is 0 Å². The normalized spacial score (nSPS) is 18.3. The minimum atomic E-state index is -0.677. The topological polar surface area (TPSA) is 33.4 Å². The van der Waals surface area contributed by atoms with Gasteiger partial charge in [-0.1, -0.05) is 133 Å². The van der Waals surface area contributed by atoms with Gasteiger partial charge in [-0.25, -0.2) is 0 Å². The Bertz CT molecular complexity index is 2300. The Morgan fingerprint density at radius 2 is 1.00 bits per heavy atom. The fourth-order valence-corrected chi connectivity index (χ4v) is 8.84. The highest BCUT2D eigenvalue weighted by Gasteiger charge is 2.63. The van der Waals surface area contributed by atoms with Gasteiger partial charge in [-0.2, -0.15) is 0 Å². The molecular formula is C42H26O2. The average Bonchev–Trinajstić information content (AvgIpc) is 3.78.